The van der Waals surface area contributed by atoms with Gasteiger partial charge in [0.2, 0.25) is 16.4 Å². The summed E-state index contributed by atoms with van der Waals surface area (Å²) in [5.74, 6) is 1.67. The molecule has 0 unspecified atom stereocenters. The highest BCUT2D eigenvalue weighted by Gasteiger charge is 2.28. The fourth-order valence-corrected chi connectivity index (χ4v) is 4.31. The van der Waals surface area contributed by atoms with E-state index in [2.05, 4.69) is 5.32 Å². The molecule has 0 bridgehead atoms. The lowest BCUT2D eigenvalue weighted by atomic mass is 10.1. The lowest BCUT2D eigenvalue weighted by Gasteiger charge is -2.25. The number of carbonyl (C=O) groups excluding carboxylic acids is 1. The molecular weight excluding hydrogens is 328 g/mol. The summed E-state index contributed by atoms with van der Waals surface area (Å²) in [6, 6.07) is 11.7. The number of rotatable bonds is 7. The molecule has 1 aliphatic rings. The van der Waals surface area contributed by atoms with Crippen LogP contribution in [0.25, 0.3) is 11.3 Å². The average molecular weight is 348 g/mol. The Hall–Kier alpha value is -2.12. The molecule has 3 rings (SSSR count). The summed E-state index contributed by atoms with van der Waals surface area (Å²) in [5.41, 5.74) is 1.91. The number of benzene rings is 1. The molecule has 2 heterocycles. The Bertz CT molecular complexity index is 799. The summed E-state index contributed by atoms with van der Waals surface area (Å²) in [4.78, 5) is 10.2. The zero-order valence-corrected chi connectivity index (χ0v) is 14.1. The first-order valence-corrected chi connectivity index (χ1v) is 9.53. The SMILES string of the molecule is O=CNCCCS(=O)(=O)N1CCc2oc(-c3ccccc3)cc2C1. The predicted octanol–water partition coefficient (Wildman–Crippen LogP) is 1.77. The average Bonchev–Trinajstić information content (AvgIpc) is 3.03. The molecule has 0 radical (unpaired) electrons. The molecule has 128 valence electrons. The van der Waals surface area contributed by atoms with Gasteiger partial charge in [0.05, 0.1) is 5.75 Å². The second-order valence-corrected chi connectivity index (χ2v) is 7.84. The predicted molar refractivity (Wildman–Crippen MR) is 90.7 cm³/mol. The Balaban J connectivity index is 1.70. The van der Waals surface area contributed by atoms with Crippen LogP contribution in [0.15, 0.2) is 40.8 Å². The van der Waals surface area contributed by atoms with E-state index >= 15 is 0 Å². The van der Waals surface area contributed by atoms with Crippen molar-refractivity contribution in [2.45, 2.75) is 19.4 Å². The van der Waals surface area contributed by atoms with Crippen LogP contribution < -0.4 is 5.32 Å². The molecule has 1 aliphatic heterocycles. The number of carbonyl (C=O) groups is 1. The molecule has 0 aliphatic carbocycles. The first-order chi connectivity index (χ1) is 11.6. The Kier molecular flexibility index (Phi) is 5.01. The van der Waals surface area contributed by atoms with Crippen molar-refractivity contribution < 1.29 is 17.6 Å². The van der Waals surface area contributed by atoms with E-state index in [0.29, 0.717) is 38.9 Å². The summed E-state index contributed by atoms with van der Waals surface area (Å²) in [6.45, 7) is 1.14. The minimum absolute atomic E-state index is 0.0343. The van der Waals surface area contributed by atoms with E-state index in [0.717, 1.165) is 22.6 Å². The number of fused-ring (bicyclic) bond motifs is 1. The Morgan fingerprint density at radius 2 is 2.04 bits per heavy atom. The minimum Gasteiger partial charge on any atom is -0.461 e. The summed E-state index contributed by atoms with van der Waals surface area (Å²) < 4.78 is 32.2. The fourth-order valence-electron chi connectivity index (χ4n) is 2.83. The second-order valence-electron chi connectivity index (χ2n) is 5.75. The van der Waals surface area contributed by atoms with Gasteiger partial charge in [0.1, 0.15) is 11.5 Å². The molecule has 0 atom stereocenters. The zero-order chi connectivity index (χ0) is 17.0. The maximum Gasteiger partial charge on any atom is 0.214 e. The number of nitrogens with one attached hydrogen (secondary N) is 1. The molecule has 1 amide bonds. The van der Waals surface area contributed by atoms with Crippen LogP contribution in [0.4, 0.5) is 0 Å². The van der Waals surface area contributed by atoms with Crippen molar-refractivity contribution in [2.75, 3.05) is 18.8 Å². The van der Waals surface area contributed by atoms with E-state index < -0.39 is 10.0 Å². The van der Waals surface area contributed by atoms with Crippen molar-refractivity contribution >= 4 is 16.4 Å². The summed E-state index contributed by atoms with van der Waals surface area (Å²) in [5, 5.41) is 2.48. The fraction of sp³-hybridized carbons (Fsp3) is 0.353. The van der Waals surface area contributed by atoms with Gasteiger partial charge in [-0.3, -0.25) is 4.79 Å². The van der Waals surface area contributed by atoms with Gasteiger partial charge in [-0.15, -0.1) is 0 Å². The lowest BCUT2D eigenvalue weighted by molar-refractivity contribution is -0.109. The molecule has 7 heteroatoms. The first-order valence-electron chi connectivity index (χ1n) is 7.92. The Morgan fingerprint density at radius 1 is 1.25 bits per heavy atom. The number of amides is 1. The maximum atomic E-state index is 12.4. The summed E-state index contributed by atoms with van der Waals surface area (Å²) in [6.07, 6.45) is 1.56. The molecule has 1 N–H and O–H groups in total. The van der Waals surface area contributed by atoms with E-state index in [-0.39, 0.29) is 5.75 Å². The highest BCUT2D eigenvalue weighted by molar-refractivity contribution is 7.89. The van der Waals surface area contributed by atoms with Crippen molar-refractivity contribution in [3.8, 4) is 11.3 Å². The molecular formula is C17H20N2O4S. The minimum atomic E-state index is -3.33. The van der Waals surface area contributed by atoms with Gasteiger partial charge < -0.3 is 9.73 Å². The van der Waals surface area contributed by atoms with E-state index in [1.54, 1.807) is 0 Å². The highest BCUT2D eigenvalue weighted by Crippen LogP contribution is 2.30. The number of nitrogens with zero attached hydrogens (tertiary/aromatic N) is 1. The summed E-state index contributed by atoms with van der Waals surface area (Å²) >= 11 is 0. The van der Waals surface area contributed by atoms with Crippen molar-refractivity contribution in [3.63, 3.8) is 0 Å². The van der Waals surface area contributed by atoms with Crippen LogP contribution in [0.1, 0.15) is 17.7 Å². The topological polar surface area (TPSA) is 79.6 Å². The van der Waals surface area contributed by atoms with E-state index in [1.807, 2.05) is 36.4 Å². The summed E-state index contributed by atoms with van der Waals surface area (Å²) in [7, 11) is -3.33. The van der Waals surface area contributed by atoms with Gasteiger partial charge in [0.25, 0.3) is 0 Å². The van der Waals surface area contributed by atoms with E-state index in [4.69, 9.17) is 4.42 Å². The molecule has 24 heavy (non-hydrogen) atoms. The normalized spacial score (nSPS) is 15.0. The smallest absolute Gasteiger partial charge is 0.214 e. The van der Waals surface area contributed by atoms with Crippen molar-refractivity contribution in [2.24, 2.45) is 0 Å². The molecule has 6 nitrogen and oxygen atoms in total. The second kappa shape index (κ2) is 7.19. The quantitative estimate of drug-likeness (QED) is 0.611. The van der Waals surface area contributed by atoms with Gasteiger partial charge in [0.15, 0.2) is 0 Å². The standard InChI is InChI=1S/C17H20N2O4S/c20-13-18-8-4-10-24(21,22)19-9-7-16-15(12-19)11-17(23-16)14-5-2-1-3-6-14/h1-3,5-6,11,13H,4,7-10,12H2,(H,18,20). The third-order valence-corrected chi connectivity index (χ3v) is 5.99. The van der Waals surface area contributed by atoms with Gasteiger partial charge in [0, 0.05) is 37.2 Å². The molecule has 0 saturated heterocycles. The van der Waals surface area contributed by atoms with Crippen LogP contribution in [0.2, 0.25) is 0 Å². The van der Waals surface area contributed by atoms with Gasteiger partial charge in [-0.05, 0) is 12.5 Å². The van der Waals surface area contributed by atoms with Gasteiger partial charge in [-0.25, -0.2) is 8.42 Å². The molecule has 0 spiro atoms. The molecule has 2 aromatic rings. The van der Waals surface area contributed by atoms with Crippen molar-refractivity contribution in [1.29, 1.82) is 0 Å². The van der Waals surface area contributed by atoms with Crippen LogP contribution in [0, 0.1) is 0 Å². The Morgan fingerprint density at radius 3 is 2.79 bits per heavy atom. The highest BCUT2D eigenvalue weighted by atomic mass is 32.2. The van der Waals surface area contributed by atoms with Crippen LogP contribution in [-0.2, 0) is 27.8 Å². The molecule has 1 aromatic carbocycles. The van der Waals surface area contributed by atoms with Crippen molar-refractivity contribution in [1.82, 2.24) is 9.62 Å². The van der Waals surface area contributed by atoms with Crippen LogP contribution in [0.5, 0.6) is 0 Å². The van der Waals surface area contributed by atoms with Crippen LogP contribution >= 0.6 is 0 Å². The van der Waals surface area contributed by atoms with Crippen LogP contribution in [0.3, 0.4) is 0 Å². The lowest BCUT2D eigenvalue weighted by Crippen LogP contribution is -2.37. The maximum absolute atomic E-state index is 12.4. The largest absolute Gasteiger partial charge is 0.461 e. The number of hydrogen-bond acceptors (Lipinski definition) is 4. The third-order valence-electron chi connectivity index (χ3n) is 4.09. The molecule has 0 saturated carbocycles. The molecule has 0 fully saturated rings. The number of sulfonamides is 1. The Labute approximate surface area is 141 Å². The van der Waals surface area contributed by atoms with Crippen LogP contribution in [-0.4, -0.2) is 38.0 Å². The van der Waals surface area contributed by atoms with E-state index in [1.165, 1.54) is 4.31 Å². The number of furan rings is 1. The first kappa shape index (κ1) is 16.7. The van der Waals surface area contributed by atoms with Gasteiger partial charge in [-0.2, -0.15) is 4.31 Å². The number of hydrogen-bond donors (Lipinski definition) is 1. The van der Waals surface area contributed by atoms with Gasteiger partial charge in [-0.1, -0.05) is 30.3 Å². The third kappa shape index (κ3) is 3.68. The van der Waals surface area contributed by atoms with Crippen molar-refractivity contribution in [3.05, 3.63) is 47.7 Å². The monoisotopic (exact) mass is 348 g/mol. The van der Waals surface area contributed by atoms with Gasteiger partial charge >= 0.3 is 0 Å². The van der Waals surface area contributed by atoms with E-state index in [9.17, 15) is 13.2 Å². The molecule has 1 aromatic heterocycles. The zero-order valence-electron chi connectivity index (χ0n) is 13.3.